The van der Waals surface area contributed by atoms with Crippen LogP contribution in [0, 0.1) is 6.92 Å². The highest BCUT2D eigenvalue weighted by Gasteiger charge is 2.50. The molecule has 1 aromatic carbocycles. The van der Waals surface area contributed by atoms with Gasteiger partial charge in [0.1, 0.15) is 5.76 Å². The quantitative estimate of drug-likeness (QED) is 0.881. The Bertz CT molecular complexity index is 676. The van der Waals surface area contributed by atoms with Crippen LogP contribution >= 0.6 is 0 Å². The van der Waals surface area contributed by atoms with Crippen molar-refractivity contribution in [3.8, 4) is 0 Å². The Morgan fingerprint density at radius 3 is 2.52 bits per heavy atom. The number of nitrogens with one attached hydrogen (secondary N) is 1. The zero-order chi connectivity index (χ0) is 15.0. The van der Waals surface area contributed by atoms with Crippen molar-refractivity contribution in [3.05, 3.63) is 59.5 Å². The van der Waals surface area contributed by atoms with E-state index in [4.69, 9.17) is 4.42 Å². The summed E-state index contributed by atoms with van der Waals surface area (Å²) in [5.74, 6) is 0.135. The molecule has 0 radical (unpaired) electrons. The molecular weight excluding hydrogens is 268 g/mol. The zero-order valence-corrected chi connectivity index (χ0v) is 11.9. The van der Waals surface area contributed by atoms with Crippen molar-refractivity contribution in [1.29, 1.82) is 0 Å². The first-order chi connectivity index (χ1) is 10.0. The summed E-state index contributed by atoms with van der Waals surface area (Å²) in [6.45, 7) is 3.90. The van der Waals surface area contributed by atoms with E-state index in [0.717, 1.165) is 11.1 Å². The molecule has 0 spiro atoms. The molecule has 0 saturated carbocycles. The Morgan fingerprint density at radius 1 is 1.19 bits per heavy atom. The first-order valence-corrected chi connectivity index (χ1v) is 6.74. The van der Waals surface area contributed by atoms with Gasteiger partial charge in [-0.25, -0.2) is 4.79 Å². The van der Waals surface area contributed by atoms with Gasteiger partial charge in [-0.3, -0.25) is 9.69 Å². The van der Waals surface area contributed by atoms with Crippen LogP contribution in [0.1, 0.15) is 23.8 Å². The molecule has 1 aliphatic rings. The lowest BCUT2D eigenvalue weighted by Gasteiger charge is -2.19. The van der Waals surface area contributed by atoms with E-state index in [9.17, 15) is 9.59 Å². The van der Waals surface area contributed by atoms with Gasteiger partial charge in [0, 0.05) is 0 Å². The molecule has 1 N–H and O–H groups in total. The highest BCUT2D eigenvalue weighted by molar-refractivity contribution is 6.06. The summed E-state index contributed by atoms with van der Waals surface area (Å²) in [6.07, 6.45) is 1.49. The van der Waals surface area contributed by atoms with E-state index < -0.39 is 11.6 Å². The summed E-state index contributed by atoms with van der Waals surface area (Å²) in [5, 5.41) is 2.71. The molecule has 1 aromatic heterocycles. The normalized spacial score (nSPS) is 21.7. The first-order valence-electron chi connectivity index (χ1n) is 6.74. The molecule has 2 aromatic rings. The lowest BCUT2D eigenvalue weighted by atomic mass is 9.99. The Kier molecular flexibility index (Phi) is 3.05. The number of aryl methyl sites for hydroxylation is 1. The minimum Gasteiger partial charge on any atom is -0.466 e. The highest BCUT2D eigenvalue weighted by atomic mass is 16.3. The number of rotatable bonds is 3. The van der Waals surface area contributed by atoms with Gasteiger partial charge in [0.15, 0.2) is 5.54 Å². The molecule has 108 valence electrons. The number of furan rings is 1. The minimum atomic E-state index is -1.13. The number of amides is 3. The lowest BCUT2D eigenvalue weighted by Crippen LogP contribution is -2.40. The maximum absolute atomic E-state index is 12.6. The van der Waals surface area contributed by atoms with Crippen LogP contribution in [0.25, 0.3) is 0 Å². The smallest absolute Gasteiger partial charge is 0.325 e. The van der Waals surface area contributed by atoms with Gasteiger partial charge in [0.25, 0.3) is 5.91 Å². The molecule has 1 saturated heterocycles. The van der Waals surface area contributed by atoms with E-state index in [2.05, 4.69) is 5.32 Å². The predicted molar refractivity (Wildman–Crippen MR) is 76.3 cm³/mol. The average Bonchev–Trinajstić information content (AvgIpc) is 3.06. The maximum Gasteiger partial charge on any atom is 0.325 e. The van der Waals surface area contributed by atoms with Crippen molar-refractivity contribution in [2.24, 2.45) is 0 Å². The molecule has 1 aliphatic heterocycles. The van der Waals surface area contributed by atoms with Crippen LogP contribution in [0.2, 0.25) is 0 Å². The van der Waals surface area contributed by atoms with Crippen molar-refractivity contribution < 1.29 is 14.0 Å². The van der Waals surface area contributed by atoms with Gasteiger partial charge in [0.05, 0.1) is 12.8 Å². The number of carbonyl (C=O) groups is 2. The zero-order valence-electron chi connectivity index (χ0n) is 11.9. The largest absolute Gasteiger partial charge is 0.466 e. The first kappa shape index (κ1) is 13.4. The number of hydrogen-bond acceptors (Lipinski definition) is 3. The molecule has 0 bridgehead atoms. The topological polar surface area (TPSA) is 62.6 Å². The SMILES string of the molecule is Cc1ccc(CN2C(=O)NC(C)(c3ccco3)C2=O)cc1. The van der Waals surface area contributed by atoms with Gasteiger partial charge in [-0.2, -0.15) is 0 Å². The van der Waals surface area contributed by atoms with Gasteiger partial charge in [-0.05, 0) is 31.5 Å². The summed E-state index contributed by atoms with van der Waals surface area (Å²) >= 11 is 0. The molecule has 2 heterocycles. The Hall–Kier alpha value is -2.56. The van der Waals surface area contributed by atoms with Gasteiger partial charge in [0.2, 0.25) is 0 Å². The van der Waals surface area contributed by atoms with Crippen molar-refractivity contribution in [2.75, 3.05) is 0 Å². The second-order valence-electron chi connectivity index (χ2n) is 5.41. The average molecular weight is 284 g/mol. The molecule has 1 unspecified atom stereocenters. The van der Waals surface area contributed by atoms with E-state index in [1.165, 1.54) is 11.2 Å². The fourth-order valence-electron chi connectivity index (χ4n) is 2.45. The molecule has 1 fully saturated rings. The van der Waals surface area contributed by atoms with Crippen LogP contribution in [-0.4, -0.2) is 16.8 Å². The van der Waals surface area contributed by atoms with Crippen LogP contribution in [0.4, 0.5) is 4.79 Å². The number of imide groups is 1. The number of hydrogen-bond donors (Lipinski definition) is 1. The highest BCUT2D eigenvalue weighted by Crippen LogP contribution is 2.29. The molecule has 5 heteroatoms. The molecule has 5 nitrogen and oxygen atoms in total. The number of nitrogens with zero attached hydrogens (tertiary/aromatic N) is 1. The fraction of sp³-hybridized carbons (Fsp3) is 0.250. The number of carbonyl (C=O) groups excluding carboxylic acids is 2. The van der Waals surface area contributed by atoms with Crippen LogP contribution < -0.4 is 5.32 Å². The third kappa shape index (κ3) is 2.20. The summed E-state index contributed by atoms with van der Waals surface area (Å²) < 4.78 is 5.29. The van der Waals surface area contributed by atoms with E-state index in [-0.39, 0.29) is 12.5 Å². The van der Waals surface area contributed by atoms with Crippen LogP contribution in [0.3, 0.4) is 0 Å². The second-order valence-corrected chi connectivity index (χ2v) is 5.41. The third-order valence-corrected chi connectivity index (χ3v) is 3.75. The summed E-state index contributed by atoms with van der Waals surface area (Å²) in [7, 11) is 0. The van der Waals surface area contributed by atoms with Crippen LogP contribution in [0.5, 0.6) is 0 Å². The Morgan fingerprint density at radius 2 is 1.90 bits per heavy atom. The summed E-state index contributed by atoms with van der Waals surface area (Å²) in [4.78, 5) is 25.9. The number of urea groups is 1. The van der Waals surface area contributed by atoms with Gasteiger partial charge >= 0.3 is 6.03 Å². The van der Waals surface area contributed by atoms with E-state index in [0.29, 0.717) is 5.76 Å². The second kappa shape index (κ2) is 4.77. The monoisotopic (exact) mass is 284 g/mol. The fourth-order valence-corrected chi connectivity index (χ4v) is 2.45. The molecule has 1 atom stereocenters. The third-order valence-electron chi connectivity index (χ3n) is 3.75. The molecular formula is C16H16N2O3. The Balaban J connectivity index is 1.86. The lowest BCUT2D eigenvalue weighted by molar-refractivity contribution is -0.132. The van der Waals surface area contributed by atoms with E-state index in [1.54, 1.807) is 19.1 Å². The van der Waals surface area contributed by atoms with Crippen molar-refractivity contribution in [2.45, 2.75) is 25.9 Å². The molecule has 3 amide bonds. The van der Waals surface area contributed by atoms with Crippen LogP contribution in [0.15, 0.2) is 47.1 Å². The van der Waals surface area contributed by atoms with Gasteiger partial charge in [-0.1, -0.05) is 29.8 Å². The van der Waals surface area contributed by atoms with Crippen molar-refractivity contribution in [3.63, 3.8) is 0 Å². The van der Waals surface area contributed by atoms with Crippen molar-refractivity contribution in [1.82, 2.24) is 10.2 Å². The number of benzene rings is 1. The van der Waals surface area contributed by atoms with Gasteiger partial charge in [-0.15, -0.1) is 0 Å². The Labute approximate surface area is 122 Å². The maximum atomic E-state index is 12.6. The molecule has 3 rings (SSSR count). The molecule has 21 heavy (non-hydrogen) atoms. The molecule has 0 aliphatic carbocycles. The minimum absolute atomic E-state index is 0.251. The van der Waals surface area contributed by atoms with E-state index >= 15 is 0 Å². The van der Waals surface area contributed by atoms with E-state index in [1.807, 2.05) is 31.2 Å². The summed E-state index contributed by atoms with van der Waals surface area (Å²) in [5.41, 5.74) is 0.912. The standard InChI is InChI=1S/C16H16N2O3/c1-11-5-7-12(8-6-11)10-18-14(19)16(2,17-15(18)20)13-4-3-9-21-13/h3-9H,10H2,1-2H3,(H,17,20). The van der Waals surface area contributed by atoms with Crippen molar-refractivity contribution >= 4 is 11.9 Å². The summed E-state index contributed by atoms with van der Waals surface area (Å²) in [6, 6.07) is 10.7. The van der Waals surface area contributed by atoms with Gasteiger partial charge < -0.3 is 9.73 Å². The predicted octanol–water partition coefficient (Wildman–Crippen LogP) is 2.56. The van der Waals surface area contributed by atoms with Crippen LogP contribution in [-0.2, 0) is 16.9 Å².